The molecule has 5 nitrogen and oxygen atoms in total. The Labute approximate surface area is 142 Å². The highest BCUT2D eigenvalue weighted by Gasteiger charge is 2.19. The van der Waals surface area contributed by atoms with Crippen LogP contribution in [0.15, 0.2) is 48.5 Å². The van der Waals surface area contributed by atoms with Crippen LogP contribution in [0.1, 0.15) is 11.1 Å². The van der Waals surface area contributed by atoms with E-state index in [1.165, 1.54) is 5.56 Å². The van der Waals surface area contributed by atoms with E-state index in [9.17, 15) is 10.1 Å². The van der Waals surface area contributed by atoms with E-state index in [4.69, 9.17) is 0 Å². The summed E-state index contributed by atoms with van der Waals surface area (Å²) < 4.78 is 0. The number of hydrogen-bond acceptors (Lipinski definition) is 4. The van der Waals surface area contributed by atoms with Gasteiger partial charge in [-0.2, -0.15) is 0 Å². The SMILES string of the molecule is CN1CCN(c2ccc([N+](=O)[O-])c(CCc3ccccc3)c2)CC1. The number of rotatable bonds is 5. The zero-order chi connectivity index (χ0) is 16.9. The Morgan fingerprint density at radius 3 is 2.38 bits per heavy atom. The average Bonchev–Trinajstić information content (AvgIpc) is 2.61. The summed E-state index contributed by atoms with van der Waals surface area (Å²) in [7, 11) is 2.12. The van der Waals surface area contributed by atoms with Gasteiger partial charge in [0, 0.05) is 43.5 Å². The lowest BCUT2D eigenvalue weighted by molar-refractivity contribution is -0.385. The number of nitro benzene ring substituents is 1. The third-order valence-electron chi connectivity index (χ3n) is 4.65. The first kappa shape index (κ1) is 16.5. The van der Waals surface area contributed by atoms with Gasteiger partial charge in [0.1, 0.15) is 0 Å². The normalized spacial score (nSPS) is 15.5. The Balaban J connectivity index is 1.79. The highest BCUT2D eigenvalue weighted by Crippen LogP contribution is 2.27. The third kappa shape index (κ3) is 3.92. The molecule has 0 aliphatic carbocycles. The summed E-state index contributed by atoms with van der Waals surface area (Å²) >= 11 is 0. The Morgan fingerprint density at radius 1 is 1.00 bits per heavy atom. The summed E-state index contributed by atoms with van der Waals surface area (Å²) in [5.74, 6) is 0. The van der Waals surface area contributed by atoms with Gasteiger partial charge in [-0.1, -0.05) is 30.3 Å². The topological polar surface area (TPSA) is 49.6 Å². The second-order valence-electron chi connectivity index (χ2n) is 6.35. The van der Waals surface area contributed by atoms with E-state index in [-0.39, 0.29) is 10.6 Å². The van der Waals surface area contributed by atoms with Crippen LogP contribution in [0.2, 0.25) is 0 Å². The van der Waals surface area contributed by atoms with Gasteiger partial charge in [-0.3, -0.25) is 10.1 Å². The standard InChI is InChI=1S/C19H23N3O2/c1-20-11-13-21(14-12-20)18-9-10-19(22(23)24)17(15-18)8-7-16-5-3-2-4-6-16/h2-6,9-10,15H,7-8,11-14H2,1H3. The molecule has 0 aromatic heterocycles. The minimum absolute atomic E-state index is 0.226. The molecule has 1 fully saturated rings. The molecule has 3 rings (SSSR count). The molecule has 1 aliphatic rings. The first-order chi connectivity index (χ1) is 11.6. The van der Waals surface area contributed by atoms with Crippen LogP contribution >= 0.6 is 0 Å². The van der Waals surface area contributed by atoms with Crippen molar-refractivity contribution in [2.75, 3.05) is 38.1 Å². The molecule has 0 spiro atoms. The van der Waals surface area contributed by atoms with Crippen LogP contribution in [0.5, 0.6) is 0 Å². The number of aryl methyl sites for hydroxylation is 2. The van der Waals surface area contributed by atoms with Gasteiger partial charge in [-0.25, -0.2) is 0 Å². The minimum Gasteiger partial charge on any atom is -0.369 e. The molecule has 0 N–H and O–H groups in total. The maximum absolute atomic E-state index is 11.3. The van der Waals surface area contributed by atoms with E-state index in [1.807, 2.05) is 30.3 Å². The summed E-state index contributed by atoms with van der Waals surface area (Å²) in [5.41, 5.74) is 3.35. The van der Waals surface area contributed by atoms with Crippen molar-refractivity contribution < 1.29 is 4.92 Å². The number of benzene rings is 2. The Bertz CT molecular complexity index is 695. The number of nitro groups is 1. The molecule has 1 heterocycles. The van der Waals surface area contributed by atoms with Gasteiger partial charge < -0.3 is 9.80 Å². The van der Waals surface area contributed by atoms with Crippen molar-refractivity contribution in [1.82, 2.24) is 4.90 Å². The molecule has 24 heavy (non-hydrogen) atoms. The van der Waals surface area contributed by atoms with Gasteiger partial charge in [-0.05, 0) is 37.6 Å². The first-order valence-electron chi connectivity index (χ1n) is 8.38. The lowest BCUT2D eigenvalue weighted by Crippen LogP contribution is -2.44. The molecule has 0 atom stereocenters. The highest BCUT2D eigenvalue weighted by atomic mass is 16.6. The van der Waals surface area contributed by atoms with Crippen LogP contribution < -0.4 is 4.90 Å². The van der Waals surface area contributed by atoms with E-state index in [2.05, 4.69) is 29.0 Å². The van der Waals surface area contributed by atoms with E-state index in [0.29, 0.717) is 6.42 Å². The molecule has 1 saturated heterocycles. The summed E-state index contributed by atoms with van der Waals surface area (Å²) in [6.07, 6.45) is 1.50. The zero-order valence-electron chi connectivity index (χ0n) is 14.0. The molecule has 0 radical (unpaired) electrons. The fourth-order valence-electron chi connectivity index (χ4n) is 3.14. The molecule has 0 unspecified atom stereocenters. The molecule has 2 aromatic rings. The monoisotopic (exact) mass is 325 g/mol. The van der Waals surface area contributed by atoms with Gasteiger partial charge in [0.15, 0.2) is 0 Å². The van der Waals surface area contributed by atoms with Crippen molar-refractivity contribution in [3.05, 3.63) is 69.8 Å². The maximum Gasteiger partial charge on any atom is 0.272 e. The molecular formula is C19H23N3O2. The van der Waals surface area contributed by atoms with E-state index in [0.717, 1.165) is 43.9 Å². The van der Waals surface area contributed by atoms with Crippen molar-refractivity contribution in [3.63, 3.8) is 0 Å². The Hall–Kier alpha value is -2.40. The van der Waals surface area contributed by atoms with Crippen molar-refractivity contribution >= 4 is 11.4 Å². The van der Waals surface area contributed by atoms with Gasteiger partial charge in [0.2, 0.25) is 0 Å². The molecule has 126 valence electrons. The van der Waals surface area contributed by atoms with Crippen molar-refractivity contribution in [1.29, 1.82) is 0 Å². The Morgan fingerprint density at radius 2 is 1.71 bits per heavy atom. The van der Waals surface area contributed by atoms with Gasteiger partial charge in [-0.15, -0.1) is 0 Å². The van der Waals surface area contributed by atoms with Crippen molar-refractivity contribution in [3.8, 4) is 0 Å². The first-order valence-corrected chi connectivity index (χ1v) is 8.38. The van der Waals surface area contributed by atoms with Crippen LogP contribution in [0.4, 0.5) is 11.4 Å². The maximum atomic E-state index is 11.3. The van der Waals surface area contributed by atoms with Crippen LogP contribution in [0.3, 0.4) is 0 Å². The van der Waals surface area contributed by atoms with Crippen LogP contribution in [-0.4, -0.2) is 43.0 Å². The van der Waals surface area contributed by atoms with Gasteiger partial charge in [0.05, 0.1) is 4.92 Å². The van der Waals surface area contributed by atoms with E-state index in [1.54, 1.807) is 6.07 Å². The molecule has 0 saturated carbocycles. The predicted molar refractivity (Wildman–Crippen MR) is 96.7 cm³/mol. The van der Waals surface area contributed by atoms with E-state index < -0.39 is 0 Å². The average molecular weight is 325 g/mol. The molecule has 0 bridgehead atoms. The summed E-state index contributed by atoms with van der Waals surface area (Å²) in [6.45, 7) is 3.98. The fourth-order valence-corrected chi connectivity index (χ4v) is 3.14. The molecule has 1 aliphatic heterocycles. The minimum atomic E-state index is -0.270. The fraction of sp³-hybridized carbons (Fsp3) is 0.368. The van der Waals surface area contributed by atoms with Crippen LogP contribution in [0.25, 0.3) is 0 Å². The van der Waals surface area contributed by atoms with Gasteiger partial charge >= 0.3 is 0 Å². The number of hydrogen-bond donors (Lipinski definition) is 0. The lowest BCUT2D eigenvalue weighted by Gasteiger charge is -2.34. The number of piperazine rings is 1. The smallest absolute Gasteiger partial charge is 0.272 e. The predicted octanol–water partition coefficient (Wildman–Crippen LogP) is 3.13. The Kier molecular flexibility index (Phi) is 5.11. The number of anilines is 1. The van der Waals surface area contributed by atoms with Crippen LogP contribution in [-0.2, 0) is 12.8 Å². The van der Waals surface area contributed by atoms with E-state index >= 15 is 0 Å². The number of likely N-dealkylation sites (N-methyl/N-ethyl adjacent to an activating group) is 1. The van der Waals surface area contributed by atoms with Crippen molar-refractivity contribution in [2.24, 2.45) is 0 Å². The summed E-state index contributed by atoms with van der Waals surface area (Å²) in [5, 5.41) is 11.3. The molecule has 0 amide bonds. The largest absolute Gasteiger partial charge is 0.369 e. The van der Waals surface area contributed by atoms with Crippen molar-refractivity contribution in [2.45, 2.75) is 12.8 Å². The van der Waals surface area contributed by atoms with Crippen LogP contribution in [0, 0.1) is 10.1 Å². The summed E-state index contributed by atoms with van der Waals surface area (Å²) in [6, 6.07) is 15.7. The molecular weight excluding hydrogens is 302 g/mol. The molecule has 5 heteroatoms. The zero-order valence-corrected chi connectivity index (χ0v) is 14.0. The second kappa shape index (κ2) is 7.45. The third-order valence-corrected chi connectivity index (χ3v) is 4.65. The highest BCUT2D eigenvalue weighted by molar-refractivity contribution is 5.56. The van der Waals surface area contributed by atoms with Gasteiger partial charge in [0.25, 0.3) is 5.69 Å². The number of nitrogens with zero attached hydrogens (tertiary/aromatic N) is 3. The quantitative estimate of drug-likeness (QED) is 0.626. The lowest BCUT2D eigenvalue weighted by atomic mass is 10.0. The molecule has 2 aromatic carbocycles. The second-order valence-corrected chi connectivity index (χ2v) is 6.35. The summed E-state index contributed by atoms with van der Waals surface area (Å²) in [4.78, 5) is 15.7.